The molecule has 3 N–H and O–H groups in total. The van der Waals surface area contributed by atoms with Gasteiger partial charge in [0.1, 0.15) is 0 Å². The minimum Gasteiger partial charge on any atom is -0.478 e. The summed E-state index contributed by atoms with van der Waals surface area (Å²) in [5.41, 5.74) is 9.01. The van der Waals surface area contributed by atoms with Gasteiger partial charge in [-0.25, -0.2) is 4.98 Å². The molecule has 9 nitrogen and oxygen atoms in total. The molecule has 9 heteroatoms. The van der Waals surface area contributed by atoms with Crippen molar-refractivity contribution in [1.82, 2.24) is 20.1 Å². The summed E-state index contributed by atoms with van der Waals surface area (Å²) in [4.78, 5) is 18.8. The molecule has 35 heavy (non-hydrogen) atoms. The summed E-state index contributed by atoms with van der Waals surface area (Å²) in [5, 5.41) is 12.7. The molecule has 4 rings (SSSR count). The van der Waals surface area contributed by atoms with Gasteiger partial charge in [0, 0.05) is 49.0 Å². The average Bonchev–Trinajstić information content (AvgIpc) is 2.87. The van der Waals surface area contributed by atoms with Gasteiger partial charge in [0.25, 0.3) is 5.91 Å². The predicted octanol–water partition coefficient (Wildman–Crippen LogP) is 3.35. The molecule has 2 aromatic heterocycles. The van der Waals surface area contributed by atoms with E-state index in [1.807, 2.05) is 44.4 Å². The number of carbonyl (C=O) groups is 1. The van der Waals surface area contributed by atoms with Gasteiger partial charge in [-0.15, -0.1) is 10.2 Å². The lowest BCUT2D eigenvalue weighted by Crippen LogP contribution is -2.32. The molecule has 0 aliphatic carbocycles. The summed E-state index contributed by atoms with van der Waals surface area (Å²) in [6.07, 6.45) is 4.67. The molecule has 0 radical (unpaired) electrons. The summed E-state index contributed by atoms with van der Waals surface area (Å²) in [6.45, 7) is 5.21. The molecule has 186 valence electrons. The molecule has 0 spiro atoms. The molecule has 1 atom stereocenters. The maximum atomic E-state index is 12.2. The number of anilines is 1. The zero-order valence-corrected chi connectivity index (χ0v) is 20.7. The van der Waals surface area contributed by atoms with Crippen LogP contribution in [0.2, 0.25) is 0 Å². The largest absolute Gasteiger partial charge is 0.478 e. The average molecular weight is 479 g/mol. The van der Waals surface area contributed by atoms with Crippen molar-refractivity contribution in [2.45, 2.75) is 32.2 Å². The number of ether oxygens (including phenoxy) is 2. The quantitative estimate of drug-likeness (QED) is 0.426. The van der Waals surface area contributed by atoms with Crippen LogP contribution >= 0.6 is 0 Å². The van der Waals surface area contributed by atoms with Crippen LogP contribution in [-0.2, 0) is 4.74 Å². The van der Waals surface area contributed by atoms with Gasteiger partial charge in [0.05, 0.1) is 17.8 Å². The Labute approximate surface area is 206 Å². The summed E-state index contributed by atoms with van der Waals surface area (Å²) in [7, 11) is 4.09. The van der Waals surface area contributed by atoms with E-state index in [2.05, 4.69) is 32.3 Å². The molecular formula is C26H34N6O3. The first-order valence-corrected chi connectivity index (χ1v) is 12.1. The van der Waals surface area contributed by atoms with Crippen LogP contribution in [-0.4, -0.2) is 72.5 Å². The third-order valence-electron chi connectivity index (χ3n) is 6.41. The van der Waals surface area contributed by atoms with Gasteiger partial charge in [-0.2, -0.15) is 0 Å². The standard InChI is InChI=1S/C26H34N6O3/c1-17(18-9-13-34-14-10-18)29-24-21-15-19(5-7-22(21)30-31-25(24)26(27)33)20-6-8-23(28-16-20)35-12-4-11-32(2)3/h5-8,15-18H,4,9-14H2,1-3H3,(H2,27,33)(H,29,30)/t17-/m0/s1. The molecule has 1 amide bonds. The number of fused-ring (bicyclic) bond motifs is 1. The van der Waals surface area contributed by atoms with E-state index in [4.69, 9.17) is 15.2 Å². The number of hydrogen-bond acceptors (Lipinski definition) is 8. The topological polar surface area (TPSA) is 115 Å². The Morgan fingerprint density at radius 1 is 1.20 bits per heavy atom. The van der Waals surface area contributed by atoms with E-state index in [-0.39, 0.29) is 11.7 Å². The van der Waals surface area contributed by atoms with Gasteiger partial charge in [-0.1, -0.05) is 6.07 Å². The molecule has 1 aliphatic rings. The van der Waals surface area contributed by atoms with Crippen molar-refractivity contribution in [3.8, 4) is 17.0 Å². The number of rotatable bonds is 10. The van der Waals surface area contributed by atoms with Gasteiger partial charge >= 0.3 is 0 Å². The molecule has 0 saturated carbocycles. The summed E-state index contributed by atoms with van der Waals surface area (Å²) in [6, 6.07) is 9.86. The van der Waals surface area contributed by atoms with Crippen LogP contribution < -0.4 is 15.8 Å². The monoisotopic (exact) mass is 478 g/mol. The number of nitrogens with one attached hydrogen (secondary N) is 1. The van der Waals surface area contributed by atoms with Gasteiger partial charge in [-0.3, -0.25) is 4.79 Å². The van der Waals surface area contributed by atoms with Gasteiger partial charge in [0.15, 0.2) is 5.69 Å². The molecule has 0 bridgehead atoms. The van der Waals surface area contributed by atoms with Crippen molar-refractivity contribution in [3.63, 3.8) is 0 Å². The molecule has 0 unspecified atom stereocenters. The fourth-order valence-corrected chi connectivity index (χ4v) is 4.36. The van der Waals surface area contributed by atoms with Crippen molar-refractivity contribution in [2.75, 3.05) is 45.8 Å². The zero-order chi connectivity index (χ0) is 24.8. The summed E-state index contributed by atoms with van der Waals surface area (Å²) >= 11 is 0. The van der Waals surface area contributed by atoms with Crippen LogP contribution in [0.3, 0.4) is 0 Å². The Bertz CT molecular complexity index is 1150. The number of aromatic nitrogens is 3. The highest BCUT2D eigenvalue weighted by Gasteiger charge is 2.24. The number of amides is 1. The fraction of sp³-hybridized carbons (Fsp3) is 0.462. The Balaban J connectivity index is 1.59. The lowest BCUT2D eigenvalue weighted by molar-refractivity contribution is 0.0622. The molecule has 1 saturated heterocycles. The first kappa shape index (κ1) is 24.8. The fourth-order valence-electron chi connectivity index (χ4n) is 4.36. The van der Waals surface area contributed by atoms with Crippen molar-refractivity contribution in [3.05, 3.63) is 42.2 Å². The van der Waals surface area contributed by atoms with E-state index in [1.165, 1.54) is 0 Å². The molecular weight excluding hydrogens is 444 g/mol. The minimum absolute atomic E-state index is 0.124. The lowest BCUT2D eigenvalue weighted by Gasteiger charge is -2.29. The van der Waals surface area contributed by atoms with Crippen LogP contribution in [0.4, 0.5) is 5.69 Å². The van der Waals surface area contributed by atoms with E-state index in [0.717, 1.165) is 55.5 Å². The van der Waals surface area contributed by atoms with Crippen LogP contribution in [0.25, 0.3) is 22.0 Å². The maximum Gasteiger partial charge on any atom is 0.271 e. The molecule has 1 fully saturated rings. The van der Waals surface area contributed by atoms with Crippen LogP contribution in [0, 0.1) is 5.92 Å². The van der Waals surface area contributed by atoms with E-state index in [9.17, 15) is 4.79 Å². The second kappa shape index (κ2) is 11.4. The maximum absolute atomic E-state index is 12.2. The van der Waals surface area contributed by atoms with Crippen LogP contribution in [0.5, 0.6) is 5.88 Å². The first-order valence-electron chi connectivity index (χ1n) is 12.1. The van der Waals surface area contributed by atoms with Crippen LogP contribution in [0.1, 0.15) is 36.7 Å². The number of hydrogen-bond donors (Lipinski definition) is 2. The number of benzene rings is 1. The van der Waals surface area contributed by atoms with E-state index in [1.54, 1.807) is 6.20 Å². The number of nitrogens with two attached hydrogens (primary N) is 1. The van der Waals surface area contributed by atoms with Gasteiger partial charge in [0.2, 0.25) is 5.88 Å². The SMILES string of the molecule is C[C@H](Nc1c(C(N)=O)nnc2ccc(-c3ccc(OCCCN(C)C)nc3)cc12)C1CCOCC1. The van der Waals surface area contributed by atoms with Crippen molar-refractivity contribution in [1.29, 1.82) is 0 Å². The lowest BCUT2D eigenvalue weighted by atomic mass is 9.92. The van der Waals surface area contributed by atoms with Gasteiger partial charge < -0.3 is 25.4 Å². The highest BCUT2D eigenvalue weighted by atomic mass is 16.5. The molecule has 3 aromatic rings. The normalized spacial score (nSPS) is 15.3. The van der Waals surface area contributed by atoms with Crippen molar-refractivity contribution >= 4 is 22.5 Å². The highest BCUT2D eigenvalue weighted by molar-refractivity contribution is 6.05. The molecule has 1 aliphatic heterocycles. The number of nitrogens with zero attached hydrogens (tertiary/aromatic N) is 4. The van der Waals surface area contributed by atoms with E-state index < -0.39 is 5.91 Å². The van der Waals surface area contributed by atoms with E-state index in [0.29, 0.717) is 29.6 Å². The Kier molecular flexibility index (Phi) is 8.09. The molecule has 3 heterocycles. The van der Waals surface area contributed by atoms with Crippen molar-refractivity contribution < 1.29 is 14.3 Å². The number of primary amides is 1. The second-order valence-corrected chi connectivity index (χ2v) is 9.29. The Morgan fingerprint density at radius 2 is 1.97 bits per heavy atom. The second-order valence-electron chi connectivity index (χ2n) is 9.29. The highest BCUT2D eigenvalue weighted by Crippen LogP contribution is 2.32. The smallest absolute Gasteiger partial charge is 0.271 e. The summed E-state index contributed by atoms with van der Waals surface area (Å²) in [5.74, 6) is 0.428. The number of pyridine rings is 1. The Hall–Kier alpha value is -3.30. The molecule has 1 aromatic carbocycles. The predicted molar refractivity (Wildman–Crippen MR) is 137 cm³/mol. The number of carbonyl (C=O) groups excluding carboxylic acids is 1. The van der Waals surface area contributed by atoms with Crippen LogP contribution in [0.15, 0.2) is 36.5 Å². The zero-order valence-electron chi connectivity index (χ0n) is 20.7. The van der Waals surface area contributed by atoms with Gasteiger partial charge in [-0.05, 0) is 70.0 Å². The van der Waals surface area contributed by atoms with E-state index >= 15 is 0 Å². The third-order valence-corrected chi connectivity index (χ3v) is 6.41. The minimum atomic E-state index is -0.607. The Morgan fingerprint density at radius 3 is 2.66 bits per heavy atom. The van der Waals surface area contributed by atoms with Crippen molar-refractivity contribution in [2.24, 2.45) is 11.7 Å². The summed E-state index contributed by atoms with van der Waals surface area (Å²) < 4.78 is 11.3. The third kappa shape index (κ3) is 6.23. The first-order chi connectivity index (χ1) is 16.9.